The number of aromatic nitrogens is 2. The van der Waals surface area contributed by atoms with Crippen LogP contribution in [0.25, 0.3) is 0 Å². The summed E-state index contributed by atoms with van der Waals surface area (Å²) >= 11 is 2.48. The molecule has 2 aromatic rings. The summed E-state index contributed by atoms with van der Waals surface area (Å²) in [6.45, 7) is 1.75. The minimum absolute atomic E-state index is 0.0154. The number of nitrogen functional groups attached to an aromatic ring is 1. The van der Waals surface area contributed by atoms with Gasteiger partial charge < -0.3 is 16.2 Å². The fraction of sp³-hybridized carbons (Fsp3) is 0.273. The minimum Gasteiger partial charge on any atom is -0.476 e. The van der Waals surface area contributed by atoms with Crippen LogP contribution in [0, 0.1) is 0 Å². The van der Waals surface area contributed by atoms with E-state index >= 15 is 0 Å². The molecule has 2 rings (SSSR count). The third-order valence-corrected chi connectivity index (χ3v) is 4.15. The molecule has 7 nitrogen and oxygen atoms in total. The van der Waals surface area contributed by atoms with Gasteiger partial charge >= 0.3 is 5.97 Å². The number of hydrogen-bond donors (Lipinski definition) is 3. The summed E-state index contributed by atoms with van der Waals surface area (Å²) < 4.78 is 0. The number of carbonyl (C=O) groups is 2. The third kappa shape index (κ3) is 3.52. The Morgan fingerprint density at radius 1 is 1.40 bits per heavy atom. The second kappa shape index (κ2) is 5.97. The smallest absolute Gasteiger partial charge is 0.355 e. The Kier molecular flexibility index (Phi) is 4.30. The van der Waals surface area contributed by atoms with Gasteiger partial charge in [-0.05, 0) is 6.92 Å². The fourth-order valence-corrected chi connectivity index (χ4v) is 2.87. The Bertz CT molecular complexity index is 637. The molecule has 9 heteroatoms. The SMILES string of the molecule is CC(NC(=O)Cc1csc(N)n1)c1nc(C(=O)O)cs1. The van der Waals surface area contributed by atoms with Crippen LogP contribution in [-0.4, -0.2) is 27.0 Å². The first-order valence-corrected chi connectivity index (χ1v) is 7.39. The quantitative estimate of drug-likeness (QED) is 0.766. The van der Waals surface area contributed by atoms with Crippen molar-refractivity contribution in [3.8, 4) is 0 Å². The van der Waals surface area contributed by atoms with Crippen LogP contribution in [0.1, 0.15) is 34.2 Å². The van der Waals surface area contributed by atoms with E-state index < -0.39 is 5.97 Å². The molecule has 20 heavy (non-hydrogen) atoms. The molecular weight excluding hydrogens is 300 g/mol. The van der Waals surface area contributed by atoms with Crippen molar-refractivity contribution in [2.75, 3.05) is 5.73 Å². The molecule has 0 radical (unpaired) electrons. The molecule has 4 N–H and O–H groups in total. The Morgan fingerprint density at radius 2 is 2.15 bits per heavy atom. The normalized spacial score (nSPS) is 12.1. The maximum Gasteiger partial charge on any atom is 0.355 e. The molecule has 1 atom stereocenters. The van der Waals surface area contributed by atoms with Crippen LogP contribution in [0.5, 0.6) is 0 Å². The lowest BCUT2D eigenvalue weighted by molar-refractivity contribution is -0.121. The highest BCUT2D eigenvalue weighted by Crippen LogP contribution is 2.18. The van der Waals surface area contributed by atoms with E-state index in [4.69, 9.17) is 10.8 Å². The molecule has 0 aliphatic heterocycles. The van der Waals surface area contributed by atoms with E-state index in [1.807, 2.05) is 0 Å². The molecule has 2 aromatic heterocycles. The van der Waals surface area contributed by atoms with Crippen LogP contribution in [-0.2, 0) is 11.2 Å². The monoisotopic (exact) mass is 312 g/mol. The van der Waals surface area contributed by atoms with E-state index in [2.05, 4.69) is 15.3 Å². The number of hydrogen-bond acceptors (Lipinski definition) is 7. The number of rotatable bonds is 5. The van der Waals surface area contributed by atoms with E-state index in [0.29, 0.717) is 15.8 Å². The number of nitrogens with one attached hydrogen (secondary N) is 1. The van der Waals surface area contributed by atoms with Crippen LogP contribution in [0.15, 0.2) is 10.8 Å². The number of nitrogens with two attached hydrogens (primary N) is 1. The van der Waals surface area contributed by atoms with Gasteiger partial charge in [0.2, 0.25) is 5.91 Å². The molecule has 1 amide bonds. The Labute approximate surface area is 122 Å². The summed E-state index contributed by atoms with van der Waals surface area (Å²) in [5, 5.41) is 15.7. The van der Waals surface area contributed by atoms with Crippen molar-refractivity contribution in [3.63, 3.8) is 0 Å². The fourth-order valence-electron chi connectivity index (χ4n) is 1.51. The van der Waals surface area contributed by atoms with Crippen LogP contribution in [0.2, 0.25) is 0 Å². The minimum atomic E-state index is -1.08. The van der Waals surface area contributed by atoms with Gasteiger partial charge in [0.25, 0.3) is 0 Å². The maximum atomic E-state index is 11.8. The molecular formula is C11H12N4O3S2. The lowest BCUT2D eigenvalue weighted by Gasteiger charge is -2.10. The molecule has 0 spiro atoms. The number of aromatic carboxylic acids is 1. The van der Waals surface area contributed by atoms with E-state index in [1.54, 1.807) is 12.3 Å². The summed E-state index contributed by atoms with van der Waals surface area (Å²) in [7, 11) is 0. The van der Waals surface area contributed by atoms with Crippen molar-refractivity contribution in [3.05, 3.63) is 27.2 Å². The number of nitrogens with zero attached hydrogens (tertiary/aromatic N) is 2. The van der Waals surface area contributed by atoms with Crippen molar-refractivity contribution in [1.29, 1.82) is 0 Å². The third-order valence-electron chi connectivity index (χ3n) is 2.40. The number of carboxylic acid groups (broad SMARTS) is 1. The van der Waals surface area contributed by atoms with Gasteiger partial charge in [-0.25, -0.2) is 14.8 Å². The van der Waals surface area contributed by atoms with Crippen molar-refractivity contribution in [2.24, 2.45) is 0 Å². The topological polar surface area (TPSA) is 118 Å². The van der Waals surface area contributed by atoms with Gasteiger partial charge in [0.15, 0.2) is 10.8 Å². The van der Waals surface area contributed by atoms with Crippen LogP contribution in [0.3, 0.4) is 0 Å². The highest BCUT2D eigenvalue weighted by atomic mass is 32.1. The standard InChI is InChI=1S/C11H12N4O3S2/c1-5(9-15-7(4-19-9)10(17)18)13-8(16)2-6-3-20-11(12)14-6/h3-5H,2H2,1H3,(H2,12,14)(H,13,16)(H,17,18). The zero-order chi connectivity index (χ0) is 14.7. The highest BCUT2D eigenvalue weighted by Gasteiger charge is 2.16. The molecule has 106 valence electrons. The molecule has 0 saturated carbocycles. The Hall–Kier alpha value is -2.00. The van der Waals surface area contributed by atoms with Crippen LogP contribution < -0.4 is 11.1 Å². The Balaban J connectivity index is 1.94. The summed E-state index contributed by atoms with van der Waals surface area (Å²) in [4.78, 5) is 30.5. The Morgan fingerprint density at radius 3 is 2.70 bits per heavy atom. The van der Waals surface area contributed by atoms with Crippen LogP contribution in [0.4, 0.5) is 5.13 Å². The summed E-state index contributed by atoms with van der Waals surface area (Å²) in [6.07, 6.45) is 0.134. The average molecular weight is 312 g/mol. The maximum absolute atomic E-state index is 11.8. The van der Waals surface area contributed by atoms with Gasteiger partial charge in [-0.2, -0.15) is 0 Å². The first-order chi connectivity index (χ1) is 9.45. The molecule has 2 heterocycles. The molecule has 1 unspecified atom stereocenters. The molecule has 0 saturated heterocycles. The van der Waals surface area contributed by atoms with Gasteiger partial charge in [0.05, 0.1) is 18.2 Å². The first-order valence-electron chi connectivity index (χ1n) is 5.63. The van der Waals surface area contributed by atoms with E-state index in [9.17, 15) is 9.59 Å². The van der Waals surface area contributed by atoms with Crippen LogP contribution >= 0.6 is 22.7 Å². The summed E-state index contributed by atoms with van der Waals surface area (Å²) in [5.74, 6) is -1.29. The second-order valence-corrected chi connectivity index (χ2v) is 5.80. The van der Waals surface area contributed by atoms with E-state index in [-0.39, 0.29) is 24.1 Å². The molecule has 0 aliphatic rings. The molecule has 0 fully saturated rings. The predicted octanol–water partition coefficient (Wildman–Crippen LogP) is 1.30. The molecule has 0 aliphatic carbocycles. The van der Waals surface area contributed by atoms with Crippen molar-refractivity contribution >= 4 is 39.7 Å². The number of anilines is 1. The highest BCUT2D eigenvalue weighted by molar-refractivity contribution is 7.13. The second-order valence-electron chi connectivity index (χ2n) is 4.02. The lowest BCUT2D eigenvalue weighted by atomic mass is 10.3. The molecule has 0 bridgehead atoms. The average Bonchev–Trinajstić information content (AvgIpc) is 2.98. The lowest BCUT2D eigenvalue weighted by Crippen LogP contribution is -2.28. The van der Waals surface area contributed by atoms with Gasteiger partial charge in [0, 0.05) is 10.8 Å². The number of carbonyl (C=O) groups excluding carboxylic acids is 1. The summed E-state index contributed by atoms with van der Waals surface area (Å²) in [6, 6.07) is -0.350. The largest absolute Gasteiger partial charge is 0.476 e. The van der Waals surface area contributed by atoms with E-state index in [1.165, 1.54) is 28.1 Å². The number of amides is 1. The summed E-state index contributed by atoms with van der Waals surface area (Å²) in [5.41, 5.74) is 6.09. The van der Waals surface area contributed by atoms with E-state index in [0.717, 1.165) is 0 Å². The number of carboxylic acids is 1. The zero-order valence-electron chi connectivity index (χ0n) is 10.5. The van der Waals surface area contributed by atoms with Gasteiger partial charge in [-0.15, -0.1) is 22.7 Å². The van der Waals surface area contributed by atoms with Crippen molar-refractivity contribution in [2.45, 2.75) is 19.4 Å². The predicted molar refractivity (Wildman–Crippen MR) is 75.9 cm³/mol. The first kappa shape index (κ1) is 14.4. The van der Waals surface area contributed by atoms with Crippen molar-refractivity contribution < 1.29 is 14.7 Å². The van der Waals surface area contributed by atoms with Gasteiger partial charge in [-0.3, -0.25) is 4.79 Å². The molecule has 0 aromatic carbocycles. The van der Waals surface area contributed by atoms with Crippen molar-refractivity contribution in [1.82, 2.24) is 15.3 Å². The number of thiazole rings is 2. The zero-order valence-corrected chi connectivity index (χ0v) is 12.1. The van der Waals surface area contributed by atoms with Gasteiger partial charge in [-0.1, -0.05) is 0 Å². The van der Waals surface area contributed by atoms with Gasteiger partial charge in [0.1, 0.15) is 5.01 Å².